The average Bonchev–Trinajstić information content (AvgIpc) is 2.93. The molecule has 1 aliphatic carbocycles. The molecule has 4 unspecified atom stereocenters. The third-order valence-corrected chi connectivity index (χ3v) is 6.90. The molecule has 3 heteroatoms. The molecule has 0 N–H and O–H groups in total. The van der Waals surface area contributed by atoms with E-state index >= 15 is 0 Å². The third kappa shape index (κ3) is 3.08. The van der Waals surface area contributed by atoms with Crippen molar-refractivity contribution in [1.29, 1.82) is 0 Å². The Morgan fingerprint density at radius 1 is 1.31 bits per heavy atom. The molecule has 16 heavy (non-hydrogen) atoms. The number of hydrogen-bond acceptors (Lipinski definition) is 2. The van der Waals surface area contributed by atoms with Gasteiger partial charge in [-0.15, -0.1) is 0 Å². The molecule has 2 aliphatic rings. The Balaban J connectivity index is 1.80. The van der Waals surface area contributed by atoms with Crippen molar-refractivity contribution in [2.45, 2.75) is 64.5 Å². The first-order valence-corrected chi connectivity index (χ1v) is 9.93. The van der Waals surface area contributed by atoms with E-state index in [0.29, 0.717) is 12.2 Å². The highest BCUT2D eigenvalue weighted by atomic mass is 28.4. The Morgan fingerprint density at radius 3 is 2.69 bits per heavy atom. The zero-order chi connectivity index (χ0) is 11.8. The molecule has 1 heterocycles. The minimum Gasteiger partial charge on any atom is -0.418 e. The minimum absolute atomic E-state index is 0.623. The first-order valence-electron chi connectivity index (χ1n) is 6.81. The fraction of sp³-hybridized carbons (Fsp3) is 1.00. The highest BCUT2D eigenvalue weighted by Crippen LogP contribution is 2.43. The third-order valence-electron chi connectivity index (χ3n) is 4.20. The Hall–Kier alpha value is 0.137. The second-order valence-electron chi connectivity index (χ2n) is 6.16. The molecule has 0 amide bonds. The maximum atomic E-state index is 5.94. The molecule has 2 fully saturated rings. The summed E-state index contributed by atoms with van der Waals surface area (Å²) in [6.07, 6.45) is 5.25. The average molecular weight is 242 g/mol. The predicted molar refractivity (Wildman–Crippen MR) is 69.1 cm³/mol. The van der Waals surface area contributed by atoms with E-state index in [1.54, 1.807) is 0 Å². The first-order chi connectivity index (χ1) is 7.52. The van der Waals surface area contributed by atoms with Crippen molar-refractivity contribution in [1.82, 2.24) is 0 Å². The van der Waals surface area contributed by atoms with E-state index < -0.39 is 8.32 Å². The second-order valence-corrected chi connectivity index (χ2v) is 10.4. The van der Waals surface area contributed by atoms with Crippen molar-refractivity contribution in [3.63, 3.8) is 0 Å². The summed E-state index contributed by atoms with van der Waals surface area (Å²) in [7, 11) is -1.40. The lowest BCUT2D eigenvalue weighted by Gasteiger charge is -2.31. The van der Waals surface area contributed by atoms with Crippen LogP contribution in [0.25, 0.3) is 0 Å². The number of hydrogen-bond donors (Lipinski definition) is 0. The van der Waals surface area contributed by atoms with E-state index in [4.69, 9.17) is 9.16 Å². The summed E-state index contributed by atoms with van der Waals surface area (Å²) in [5.74, 6) is 1.70. The van der Waals surface area contributed by atoms with Crippen molar-refractivity contribution in [3.8, 4) is 0 Å². The Morgan fingerprint density at radius 2 is 2.06 bits per heavy atom. The van der Waals surface area contributed by atoms with Crippen LogP contribution in [0.4, 0.5) is 0 Å². The Kier molecular flexibility index (Phi) is 3.77. The van der Waals surface area contributed by atoms with Crippen LogP contribution in [0.5, 0.6) is 0 Å². The van der Waals surface area contributed by atoms with Gasteiger partial charge in [-0.25, -0.2) is 0 Å². The largest absolute Gasteiger partial charge is 0.418 e. The molecule has 0 aromatic heterocycles. The lowest BCUT2D eigenvalue weighted by Crippen LogP contribution is -2.35. The van der Waals surface area contributed by atoms with Crippen LogP contribution in [0.1, 0.15) is 33.1 Å². The fourth-order valence-electron chi connectivity index (χ4n) is 3.34. The second kappa shape index (κ2) is 4.79. The van der Waals surface area contributed by atoms with Crippen molar-refractivity contribution in [2.75, 3.05) is 6.61 Å². The number of fused-ring (bicyclic) bond motifs is 1. The molecule has 1 aliphatic heterocycles. The van der Waals surface area contributed by atoms with E-state index in [1.807, 2.05) is 0 Å². The van der Waals surface area contributed by atoms with E-state index in [2.05, 4.69) is 26.9 Å². The molecule has 4 atom stereocenters. The van der Waals surface area contributed by atoms with Gasteiger partial charge in [0.1, 0.15) is 0 Å². The van der Waals surface area contributed by atoms with Gasteiger partial charge in [0.05, 0.1) is 12.2 Å². The number of ether oxygens (including phenoxy) is 1. The lowest BCUT2D eigenvalue weighted by atomic mass is 9.82. The molecule has 94 valence electrons. The summed E-state index contributed by atoms with van der Waals surface area (Å²) in [4.78, 5) is 0. The smallest absolute Gasteiger partial charge is 0.186 e. The lowest BCUT2D eigenvalue weighted by molar-refractivity contribution is 0.273. The van der Waals surface area contributed by atoms with Gasteiger partial charge in [0.2, 0.25) is 0 Å². The standard InChI is InChI=1S/C13H26O2Si/c1-5-14-16(3,4)9-10(2)11-6-7-12-13(8-11)15-12/h10-13H,5-9H2,1-4H3. The predicted octanol–water partition coefficient (Wildman–Crippen LogP) is 3.43. The van der Waals surface area contributed by atoms with Crippen LogP contribution >= 0.6 is 0 Å². The molecule has 1 saturated heterocycles. The summed E-state index contributed by atoms with van der Waals surface area (Å²) in [5.41, 5.74) is 0. The number of epoxide rings is 1. The van der Waals surface area contributed by atoms with Crippen molar-refractivity contribution in [3.05, 3.63) is 0 Å². The van der Waals surface area contributed by atoms with Crippen molar-refractivity contribution in [2.24, 2.45) is 11.8 Å². The van der Waals surface area contributed by atoms with Gasteiger partial charge in [0, 0.05) is 6.61 Å². The van der Waals surface area contributed by atoms with E-state index in [9.17, 15) is 0 Å². The zero-order valence-electron chi connectivity index (χ0n) is 11.2. The molecular weight excluding hydrogens is 216 g/mol. The first kappa shape index (κ1) is 12.6. The normalized spacial score (nSPS) is 35.6. The topological polar surface area (TPSA) is 21.8 Å². The maximum absolute atomic E-state index is 5.94. The number of rotatable bonds is 5. The van der Waals surface area contributed by atoms with Crippen LogP contribution in [0.15, 0.2) is 0 Å². The molecule has 0 aromatic rings. The Bertz CT molecular complexity index is 242. The van der Waals surface area contributed by atoms with E-state index in [0.717, 1.165) is 18.4 Å². The molecule has 2 nitrogen and oxygen atoms in total. The Labute approximate surface area is 101 Å². The zero-order valence-corrected chi connectivity index (χ0v) is 12.2. The summed E-state index contributed by atoms with van der Waals surface area (Å²) in [6.45, 7) is 10.1. The van der Waals surface area contributed by atoms with Gasteiger partial charge >= 0.3 is 0 Å². The van der Waals surface area contributed by atoms with Crippen LogP contribution in [-0.4, -0.2) is 27.1 Å². The van der Waals surface area contributed by atoms with Gasteiger partial charge in [0.25, 0.3) is 0 Å². The highest BCUT2D eigenvalue weighted by Gasteiger charge is 2.45. The molecule has 0 aromatic carbocycles. The van der Waals surface area contributed by atoms with Crippen LogP contribution in [0.3, 0.4) is 0 Å². The molecule has 2 rings (SSSR count). The van der Waals surface area contributed by atoms with Crippen LogP contribution in [-0.2, 0) is 9.16 Å². The molecular formula is C13H26O2Si. The quantitative estimate of drug-likeness (QED) is 0.544. The summed E-state index contributed by atoms with van der Waals surface area (Å²) >= 11 is 0. The van der Waals surface area contributed by atoms with Crippen LogP contribution < -0.4 is 0 Å². The monoisotopic (exact) mass is 242 g/mol. The van der Waals surface area contributed by atoms with E-state index in [1.165, 1.54) is 25.3 Å². The maximum Gasteiger partial charge on any atom is 0.186 e. The van der Waals surface area contributed by atoms with Gasteiger partial charge in [-0.05, 0) is 57.2 Å². The van der Waals surface area contributed by atoms with Gasteiger partial charge in [-0.3, -0.25) is 0 Å². The summed E-state index contributed by atoms with van der Waals surface area (Å²) in [5, 5.41) is 0. The van der Waals surface area contributed by atoms with Gasteiger partial charge in [0.15, 0.2) is 8.32 Å². The SMILES string of the molecule is CCO[Si](C)(C)CC(C)C1CCC2OC2C1. The molecule has 0 radical (unpaired) electrons. The molecule has 0 spiro atoms. The highest BCUT2D eigenvalue weighted by molar-refractivity contribution is 6.71. The van der Waals surface area contributed by atoms with Crippen molar-refractivity contribution >= 4 is 8.32 Å². The minimum atomic E-state index is -1.40. The summed E-state index contributed by atoms with van der Waals surface area (Å²) in [6, 6.07) is 1.31. The van der Waals surface area contributed by atoms with Gasteiger partial charge in [-0.1, -0.05) is 6.92 Å². The molecule has 0 bridgehead atoms. The van der Waals surface area contributed by atoms with Gasteiger partial charge in [-0.2, -0.15) is 0 Å². The van der Waals surface area contributed by atoms with Crippen molar-refractivity contribution < 1.29 is 9.16 Å². The van der Waals surface area contributed by atoms with E-state index in [-0.39, 0.29) is 0 Å². The van der Waals surface area contributed by atoms with Gasteiger partial charge < -0.3 is 9.16 Å². The van der Waals surface area contributed by atoms with Crippen LogP contribution in [0, 0.1) is 11.8 Å². The fourth-order valence-corrected chi connectivity index (χ4v) is 6.13. The molecule has 1 saturated carbocycles. The van der Waals surface area contributed by atoms with Crippen LogP contribution in [0.2, 0.25) is 19.1 Å². The summed E-state index contributed by atoms with van der Waals surface area (Å²) < 4.78 is 11.6.